The van der Waals surface area contributed by atoms with Gasteiger partial charge in [0, 0.05) is 19.5 Å². The van der Waals surface area contributed by atoms with Gasteiger partial charge in [-0.2, -0.15) is 18.2 Å². The van der Waals surface area contributed by atoms with Crippen LogP contribution in [0.2, 0.25) is 0 Å². The summed E-state index contributed by atoms with van der Waals surface area (Å²) in [4.78, 5) is 28.7. The first-order chi connectivity index (χ1) is 11.8. The molecule has 0 aromatic carbocycles. The highest BCUT2D eigenvalue weighted by Gasteiger charge is 2.28. The standard InChI is InChI=1S/C15H23F3N4O4/c1-9(22(5)13(24)25-14(2,3)4)6-10-20-12(26-21-10)7-11(23)19-8-15(16,17)18/h9H,6-8H2,1-5H3,(H,19,23)/t9-/m1/s1. The molecule has 0 saturated carbocycles. The van der Waals surface area contributed by atoms with Crippen LogP contribution in [0.25, 0.3) is 0 Å². The minimum absolute atomic E-state index is 0.105. The molecular weight excluding hydrogens is 357 g/mol. The van der Waals surface area contributed by atoms with E-state index in [0.717, 1.165) is 0 Å². The van der Waals surface area contributed by atoms with Gasteiger partial charge in [0.1, 0.15) is 18.6 Å². The third kappa shape index (κ3) is 8.17. The Hall–Kier alpha value is -2.33. The largest absolute Gasteiger partial charge is 0.444 e. The van der Waals surface area contributed by atoms with Gasteiger partial charge in [-0.1, -0.05) is 5.16 Å². The van der Waals surface area contributed by atoms with Crippen LogP contribution >= 0.6 is 0 Å². The van der Waals surface area contributed by atoms with Crippen LogP contribution in [-0.2, 0) is 22.4 Å². The topological polar surface area (TPSA) is 97.6 Å². The van der Waals surface area contributed by atoms with Gasteiger partial charge in [0.15, 0.2) is 5.82 Å². The Morgan fingerprint density at radius 3 is 2.46 bits per heavy atom. The van der Waals surface area contributed by atoms with Crippen LogP contribution in [-0.4, -0.2) is 58.5 Å². The Balaban J connectivity index is 2.54. The van der Waals surface area contributed by atoms with Crippen molar-refractivity contribution in [3.63, 3.8) is 0 Å². The van der Waals surface area contributed by atoms with E-state index in [1.54, 1.807) is 40.1 Å². The molecule has 0 aliphatic carbocycles. The molecule has 0 radical (unpaired) electrons. The van der Waals surface area contributed by atoms with Crippen molar-refractivity contribution in [2.24, 2.45) is 0 Å². The van der Waals surface area contributed by atoms with Crippen LogP contribution in [0.3, 0.4) is 0 Å². The molecule has 0 saturated heterocycles. The molecule has 1 rings (SSSR count). The average Bonchev–Trinajstić information content (AvgIpc) is 2.88. The van der Waals surface area contributed by atoms with E-state index in [1.165, 1.54) is 4.90 Å². The number of aromatic nitrogens is 2. The lowest BCUT2D eigenvalue weighted by molar-refractivity contribution is -0.138. The molecule has 26 heavy (non-hydrogen) atoms. The number of carbonyl (C=O) groups excluding carboxylic acids is 2. The molecule has 148 valence electrons. The van der Waals surface area contributed by atoms with Crippen molar-refractivity contribution in [1.29, 1.82) is 0 Å². The Kier molecular flexibility index (Phi) is 6.99. The fraction of sp³-hybridized carbons (Fsp3) is 0.733. The summed E-state index contributed by atoms with van der Waals surface area (Å²) in [5.74, 6) is -0.755. The summed E-state index contributed by atoms with van der Waals surface area (Å²) < 4.78 is 46.2. The smallest absolute Gasteiger partial charge is 0.410 e. The maximum Gasteiger partial charge on any atom is 0.410 e. The summed E-state index contributed by atoms with van der Waals surface area (Å²) >= 11 is 0. The van der Waals surface area contributed by atoms with Crippen molar-refractivity contribution in [2.75, 3.05) is 13.6 Å². The maximum atomic E-state index is 12.0. The molecule has 1 atom stereocenters. The fourth-order valence-corrected chi connectivity index (χ4v) is 1.76. The molecule has 0 aliphatic rings. The van der Waals surface area contributed by atoms with Crippen molar-refractivity contribution in [1.82, 2.24) is 20.4 Å². The fourth-order valence-electron chi connectivity index (χ4n) is 1.76. The van der Waals surface area contributed by atoms with Crippen LogP contribution in [0.1, 0.15) is 39.4 Å². The van der Waals surface area contributed by atoms with Gasteiger partial charge in [0.05, 0.1) is 0 Å². The number of hydrogen-bond donors (Lipinski definition) is 1. The van der Waals surface area contributed by atoms with E-state index in [-0.39, 0.29) is 24.2 Å². The van der Waals surface area contributed by atoms with E-state index >= 15 is 0 Å². The Morgan fingerprint density at radius 2 is 1.92 bits per heavy atom. The Labute approximate surface area is 149 Å². The van der Waals surface area contributed by atoms with Crippen molar-refractivity contribution in [3.8, 4) is 0 Å². The van der Waals surface area contributed by atoms with Gasteiger partial charge in [-0.3, -0.25) is 4.79 Å². The quantitative estimate of drug-likeness (QED) is 0.812. The summed E-state index contributed by atoms with van der Waals surface area (Å²) in [5.41, 5.74) is -0.631. The maximum absolute atomic E-state index is 12.0. The monoisotopic (exact) mass is 380 g/mol. The number of rotatable bonds is 6. The van der Waals surface area contributed by atoms with Crippen LogP contribution in [0.15, 0.2) is 4.52 Å². The van der Waals surface area contributed by atoms with E-state index in [0.29, 0.717) is 0 Å². The number of nitrogens with zero attached hydrogens (tertiary/aromatic N) is 3. The first-order valence-electron chi connectivity index (χ1n) is 7.87. The lowest BCUT2D eigenvalue weighted by Crippen LogP contribution is -2.40. The van der Waals surface area contributed by atoms with E-state index in [9.17, 15) is 22.8 Å². The minimum atomic E-state index is -4.49. The second-order valence-electron chi connectivity index (χ2n) is 6.82. The summed E-state index contributed by atoms with van der Waals surface area (Å²) in [6.45, 7) is 5.57. The number of ether oxygens (including phenoxy) is 1. The molecule has 1 heterocycles. The van der Waals surface area contributed by atoms with Gasteiger partial charge in [-0.05, 0) is 27.7 Å². The highest BCUT2D eigenvalue weighted by Crippen LogP contribution is 2.13. The number of hydrogen-bond acceptors (Lipinski definition) is 6. The van der Waals surface area contributed by atoms with Crippen molar-refractivity contribution in [3.05, 3.63) is 11.7 Å². The normalized spacial score (nSPS) is 13.2. The number of amides is 2. The Morgan fingerprint density at radius 1 is 1.31 bits per heavy atom. The highest BCUT2D eigenvalue weighted by molar-refractivity contribution is 5.77. The van der Waals surface area contributed by atoms with Gasteiger partial charge in [0.2, 0.25) is 11.8 Å². The van der Waals surface area contributed by atoms with Gasteiger partial charge in [-0.15, -0.1) is 0 Å². The molecule has 8 nitrogen and oxygen atoms in total. The van der Waals surface area contributed by atoms with Gasteiger partial charge in [0.25, 0.3) is 0 Å². The second-order valence-corrected chi connectivity index (χ2v) is 6.82. The van der Waals surface area contributed by atoms with Gasteiger partial charge >= 0.3 is 12.3 Å². The van der Waals surface area contributed by atoms with E-state index in [2.05, 4.69) is 10.1 Å². The molecule has 1 aromatic rings. The molecule has 11 heteroatoms. The number of likely N-dealkylation sites (N-methyl/N-ethyl adjacent to an activating group) is 1. The molecular formula is C15H23F3N4O4. The third-order valence-electron chi connectivity index (χ3n) is 3.13. The molecule has 0 spiro atoms. The summed E-state index contributed by atoms with van der Waals surface area (Å²) in [7, 11) is 1.56. The van der Waals surface area contributed by atoms with Crippen LogP contribution in [0.5, 0.6) is 0 Å². The van der Waals surface area contributed by atoms with Crippen molar-refractivity contribution >= 4 is 12.0 Å². The summed E-state index contributed by atoms with van der Waals surface area (Å²) in [6, 6.07) is -0.325. The van der Waals surface area contributed by atoms with Gasteiger partial charge in [-0.25, -0.2) is 4.79 Å². The number of alkyl halides is 3. The predicted molar refractivity (Wildman–Crippen MR) is 84.2 cm³/mol. The molecule has 0 aliphatic heterocycles. The number of carbonyl (C=O) groups is 2. The third-order valence-corrected chi connectivity index (χ3v) is 3.13. The average molecular weight is 380 g/mol. The van der Waals surface area contributed by atoms with Crippen molar-refractivity contribution < 1.29 is 32.0 Å². The zero-order valence-corrected chi connectivity index (χ0v) is 15.3. The molecule has 0 fully saturated rings. The predicted octanol–water partition coefficient (Wildman–Crippen LogP) is 2.09. The van der Waals surface area contributed by atoms with E-state index in [4.69, 9.17) is 9.26 Å². The first kappa shape index (κ1) is 21.7. The lowest BCUT2D eigenvalue weighted by Gasteiger charge is -2.28. The van der Waals surface area contributed by atoms with Crippen LogP contribution in [0, 0.1) is 0 Å². The summed E-state index contributed by atoms with van der Waals surface area (Å²) in [6.07, 6.45) is -5.24. The van der Waals surface area contributed by atoms with Crippen LogP contribution in [0.4, 0.5) is 18.0 Å². The lowest BCUT2D eigenvalue weighted by atomic mass is 10.2. The minimum Gasteiger partial charge on any atom is -0.444 e. The first-order valence-corrected chi connectivity index (χ1v) is 7.87. The second kappa shape index (κ2) is 8.37. The Bertz CT molecular complexity index is 625. The number of halogens is 3. The zero-order chi connectivity index (χ0) is 20.1. The summed E-state index contributed by atoms with van der Waals surface area (Å²) in [5, 5.41) is 5.38. The molecule has 1 aromatic heterocycles. The van der Waals surface area contributed by atoms with E-state index in [1.807, 2.05) is 0 Å². The van der Waals surface area contributed by atoms with Gasteiger partial charge < -0.3 is 19.5 Å². The molecule has 1 N–H and O–H groups in total. The van der Waals surface area contributed by atoms with Crippen molar-refractivity contribution in [2.45, 2.75) is 58.4 Å². The SMILES string of the molecule is C[C@H](Cc1noc(CC(=O)NCC(F)(F)F)n1)N(C)C(=O)OC(C)(C)C. The van der Waals surface area contributed by atoms with E-state index < -0.39 is 36.7 Å². The molecule has 0 bridgehead atoms. The molecule has 2 amide bonds. The van der Waals surface area contributed by atoms with Crippen LogP contribution < -0.4 is 5.32 Å². The highest BCUT2D eigenvalue weighted by atomic mass is 19.4. The number of nitrogens with one attached hydrogen (secondary N) is 1. The molecule has 0 unspecified atom stereocenters. The zero-order valence-electron chi connectivity index (χ0n) is 15.3.